The molecule has 2 fully saturated rings. The van der Waals surface area contributed by atoms with Gasteiger partial charge in [0.2, 0.25) is 11.9 Å². The summed E-state index contributed by atoms with van der Waals surface area (Å²) in [5.41, 5.74) is 0.0546. The molecule has 38 heavy (non-hydrogen) atoms. The number of hydrogen-bond acceptors (Lipinski definition) is 7. The quantitative estimate of drug-likeness (QED) is 0.414. The Morgan fingerprint density at radius 1 is 1.16 bits per heavy atom. The number of rotatable bonds is 7. The molecule has 0 bridgehead atoms. The summed E-state index contributed by atoms with van der Waals surface area (Å²) in [6.45, 7) is 12.4. The molecule has 2 saturated heterocycles. The Labute approximate surface area is 226 Å². The van der Waals surface area contributed by atoms with Gasteiger partial charge in [-0.2, -0.15) is 5.26 Å². The molecule has 1 aromatic carbocycles. The maximum Gasteiger partial charge on any atom is 0.413 e. The zero-order valence-electron chi connectivity index (χ0n) is 23.2. The van der Waals surface area contributed by atoms with Gasteiger partial charge in [0.05, 0.1) is 25.9 Å². The standard InChI is InChI=1S/C28H42N6O4/c1-5-38-26(36)31-25(34-15-17-37-18-16-34)30-23(19-27(2,3)4)24(35)32-28(21-29)11-13-33(14-12-28)20-22-9-7-6-8-10-22/h6-10,23H,5,11-20H2,1-4H3,(H,32,35)(H,30,31,36). The van der Waals surface area contributed by atoms with Crippen LogP contribution < -0.4 is 10.6 Å². The minimum atomic E-state index is -0.955. The van der Waals surface area contributed by atoms with E-state index in [4.69, 9.17) is 14.5 Å². The average molecular weight is 527 g/mol. The number of hydrogen-bond donors (Lipinski definition) is 2. The predicted octanol–water partition coefficient (Wildman–Crippen LogP) is 2.90. The molecule has 1 aromatic rings. The largest absolute Gasteiger partial charge is 0.450 e. The van der Waals surface area contributed by atoms with E-state index in [0.29, 0.717) is 64.6 Å². The van der Waals surface area contributed by atoms with Gasteiger partial charge in [0.25, 0.3) is 0 Å². The predicted molar refractivity (Wildman–Crippen MR) is 145 cm³/mol. The summed E-state index contributed by atoms with van der Waals surface area (Å²) >= 11 is 0. The fourth-order valence-electron chi connectivity index (χ4n) is 4.67. The Balaban J connectivity index is 1.76. The van der Waals surface area contributed by atoms with Crippen molar-refractivity contribution >= 4 is 18.0 Å². The first kappa shape index (κ1) is 29.4. The molecule has 0 radical (unpaired) electrons. The number of nitrogens with one attached hydrogen (secondary N) is 2. The van der Waals surface area contributed by atoms with Crippen molar-refractivity contribution in [2.45, 2.75) is 65.1 Å². The van der Waals surface area contributed by atoms with Gasteiger partial charge in [-0.15, -0.1) is 0 Å². The van der Waals surface area contributed by atoms with Crippen LogP contribution >= 0.6 is 0 Å². The molecular weight excluding hydrogens is 484 g/mol. The molecule has 3 rings (SSSR count). The average Bonchev–Trinajstić information content (AvgIpc) is 2.89. The lowest BCUT2D eigenvalue weighted by Gasteiger charge is -2.38. The number of benzene rings is 1. The molecule has 10 heteroatoms. The van der Waals surface area contributed by atoms with Crippen molar-refractivity contribution in [1.29, 1.82) is 5.26 Å². The first-order valence-corrected chi connectivity index (χ1v) is 13.5. The number of morpholine rings is 1. The molecule has 0 spiro atoms. The Morgan fingerprint density at radius 3 is 2.39 bits per heavy atom. The second-order valence-corrected chi connectivity index (χ2v) is 11.1. The Bertz CT molecular complexity index is 987. The SMILES string of the molecule is CCOC(=O)NC(=NC(CC(C)(C)C)C(=O)NC1(C#N)CCN(Cc2ccccc2)CC1)N1CCOCC1. The third kappa shape index (κ3) is 8.99. The molecule has 10 nitrogen and oxygen atoms in total. The zero-order chi connectivity index (χ0) is 27.6. The number of nitrogens with zero attached hydrogens (tertiary/aromatic N) is 4. The van der Waals surface area contributed by atoms with Crippen molar-refractivity contribution in [3.8, 4) is 6.07 Å². The fourth-order valence-corrected chi connectivity index (χ4v) is 4.67. The first-order chi connectivity index (χ1) is 18.1. The van der Waals surface area contributed by atoms with Gasteiger partial charge in [-0.1, -0.05) is 51.1 Å². The third-order valence-electron chi connectivity index (χ3n) is 6.72. The van der Waals surface area contributed by atoms with Crippen molar-refractivity contribution in [3.63, 3.8) is 0 Å². The Hall–Kier alpha value is -3.16. The van der Waals surface area contributed by atoms with Gasteiger partial charge in [-0.05, 0) is 37.2 Å². The maximum atomic E-state index is 13.7. The smallest absolute Gasteiger partial charge is 0.413 e. The number of alkyl carbamates (subject to hydrolysis) is 1. The molecule has 2 amide bonds. The maximum absolute atomic E-state index is 13.7. The van der Waals surface area contributed by atoms with E-state index in [1.165, 1.54) is 5.56 Å². The molecular formula is C28H42N6O4. The summed E-state index contributed by atoms with van der Waals surface area (Å²) in [5.74, 6) is -0.0192. The van der Waals surface area contributed by atoms with Gasteiger partial charge in [-0.3, -0.25) is 15.0 Å². The summed E-state index contributed by atoms with van der Waals surface area (Å²) in [4.78, 5) is 34.9. The molecule has 2 aliphatic rings. The lowest BCUT2D eigenvalue weighted by atomic mass is 9.85. The highest BCUT2D eigenvalue weighted by molar-refractivity contribution is 5.96. The van der Waals surface area contributed by atoms with E-state index >= 15 is 0 Å². The third-order valence-corrected chi connectivity index (χ3v) is 6.72. The minimum absolute atomic E-state index is 0.218. The summed E-state index contributed by atoms with van der Waals surface area (Å²) in [6, 6.07) is 11.8. The van der Waals surface area contributed by atoms with Crippen LogP contribution in [0.1, 0.15) is 52.5 Å². The lowest BCUT2D eigenvalue weighted by molar-refractivity contribution is -0.124. The number of likely N-dealkylation sites (tertiary alicyclic amines) is 1. The summed E-state index contributed by atoms with van der Waals surface area (Å²) in [6.07, 6.45) is 0.891. The number of nitriles is 1. The second kappa shape index (κ2) is 13.6. The van der Waals surface area contributed by atoms with Gasteiger partial charge >= 0.3 is 6.09 Å². The van der Waals surface area contributed by atoms with E-state index < -0.39 is 17.7 Å². The van der Waals surface area contributed by atoms with Crippen LogP contribution in [0.15, 0.2) is 35.3 Å². The number of amides is 2. The molecule has 208 valence electrons. The van der Waals surface area contributed by atoms with Crippen molar-refractivity contribution in [2.75, 3.05) is 46.0 Å². The molecule has 2 aliphatic heterocycles. The number of guanidine groups is 1. The molecule has 1 atom stereocenters. The fraction of sp³-hybridized carbons (Fsp3) is 0.643. The number of carbonyl (C=O) groups excluding carboxylic acids is 2. The monoisotopic (exact) mass is 526 g/mol. The number of aliphatic imine (C=N–C) groups is 1. The minimum Gasteiger partial charge on any atom is -0.450 e. The van der Waals surface area contributed by atoms with Crippen molar-refractivity contribution in [1.82, 2.24) is 20.4 Å². The van der Waals surface area contributed by atoms with E-state index in [0.717, 1.165) is 6.54 Å². The van der Waals surface area contributed by atoms with E-state index in [-0.39, 0.29) is 17.9 Å². The van der Waals surface area contributed by atoms with Gasteiger partial charge < -0.3 is 19.7 Å². The van der Waals surface area contributed by atoms with Crippen LogP contribution in [0, 0.1) is 16.7 Å². The molecule has 1 unspecified atom stereocenters. The van der Waals surface area contributed by atoms with E-state index in [1.807, 2.05) is 43.9 Å². The van der Waals surface area contributed by atoms with Crippen molar-refractivity contribution < 1.29 is 19.1 Å². The van der Waals surface area contributed by atoms with E-state index in [2.05, 4.69) is 33.7 Å². The van der Waals surface area contributed by atoms with Crippen LogP contribution in [0.4, 0.5) is 4.79 Å². The summed E-state index contributed by atoms with van der Waals surface area (Å²) < 4.78 is 10.5. The summed E-state index contributed by atoms with van der Waals surface area (Å²) in [5, 5.41) is 15.9. The Morgan fingerprint density at radius 2 is 1.82 bits per heavy atom. The highest BCUT2D eigenvalue weighted by Gasteiger charge is 2.39. The normalized spacial score (nSPS) is 19.2. The van der Waals surface area contributed by atoms with Crippen LogP contribution in [0.25, 0.3) is 0 Å². The zero-order valence-corrected chi connectivity index (χ0v) is 23.2. The number of ether oxygens (including phenoxy) is 2. The highest BCUT2D eigenvalue weighted by atomic mass is 16.5. The van der Waals surface area contributed by atoms with Crippen molar-refractivity contribution in [2.24, 2.45) is 10.4 Å². The van der Waals surface area contributed by atoms with E-state index in [1.54, 1.807) is 6.92 Å². The van der Waals surface area contributed by atoms with Crippen LogP contribution in [0.5, 0.6) is 0 Å². The van der Waals surface area contributed by atoms with Gasteiger partial charge in [0.1, 0.15) is 11.6 Å². The lowest BCUT2D eigenvalue weighted by Crippen LogP contribution is -2.57. The van der Waals surface area contributed by atoms with Crippen LogP contribution in [0.3, 0.4) is 0 Å². The molecule has 0 saturated carbocycles. The molecule has 0 aliphatic carbocycles. The van der Waals surface area contributed by atoms with Crippen LogP contribution in [0.2, 0.25) is 0 Å². The van der Waals surface area contributed by atoms with Gasteiger partial charge in [-0.25, -0.2) is 9.79 Å². The number of piperidine rings is 1. The van der Waals surface area contributed by atoms with Crippen LogP contribution in [-0.2, 0) is 20.8 Å². The second-order valence-electron chi connectivity index (χ2n) is 11.1. The van der Waals surface area contributed by atoms with Crippen molar-refractivity contribution in [3.05, 3.63) is 35.9 Å². The molecule has 0 aromatic heterocycles. The number of carbonyl (C=O) groups is 2. The van der Waals surface area contributed by atoms with Gasteiger partial charge in [0, 0.05) is 32.7 Å². The van der Waals surface area contributed by atoms with Gasteiger partial charge in [0.15, 0.2) is 0 Å². The molecule has 2 heterocycles. The van der Waals surface area contributed by atoms with E-state index in [9.17, 15) is 14.9 Å². The topological polar surface area (TPSA) is 119 Å². The first-order valence-electron chi connectivity index (χ1n) is 13.5. The van der Waals surface area contributed by atoms with Crippen LogP contribution in [-0.4, -0.2) is 85.3 Å². The summed E-state index contributed by atoms with van der Waals surface area (Å²) in [7, 11) is 0. The Kier molecular flexibility index (Phi) is 10.5. The highest BCUT2D eigenvalue weighted by Crippen LogP contribution is 2.26. The molecule has 2 N–H and O–H groups in total.